The minimum atomic E-state index is 0.0239. The molecule has 0 unspecified atom stereocenters. The quantitative estimate of drug-likeness (QED) is 0.623. The Morgan fingerprint density at radius 1 is 1.11 bits per heavy atom. The number of thioether (sulfide) groups is 1. The van der Waals surface area contributed by atoms with Crippen LogP contribution in [-0.4, -0.2) is 41.7 Å². The van der Waals surface area contributed by atoms with Crippen LogP contribution in [0.4, 0.5) is 4.79 Å². The molecule has 1 saturated heterocycles. The van der Waals surface area contributed by atoms with Gasteiger partial charge >= 0.3 is 6.03 Å². The third kappa shape index (κ3) is 6.28. The second kappa shape index (κ2) is 11.1. The summed E-state index contributed by atoms with van der Waals surface area (Å²) in [5, 5.41) is 3.73. The first kappa shape index (κ1) is 20.7. The highest BCUT2D eigenvalue weighted by atomic mass is 32.2. The normalized spacial score (nSPS) is 18.8. The van der Waals surface area contributed by atoms with Crippen LogP contribution in [0.15, 0.2) is 60.7 Å². The first-order chi connectivity index (χ1) is 13.8. The molecule has 1 N–H and O–H groups in total. The molecule has 2 aromatic rings. The van der Waals surface area contributed by atoms with E-state index in [0.29, 0.717) is 18.3 Å². The number of urea groups is 1. The van der Waals surface area contributed by atoms with Gasteiger partial charge in [-0.25, -0.2) is 4.79 Å². The van der Waals surface area contributed by atoms with Crippen LogP contribution < -0.4 is 5.32 Å². The molecule has 5 heteroatoms. The van der Waals surface area contributed by atoms with Gasteiger partial charge in [0.2, 0.25) is 0 Å². The van der Waals surface area contributed by atoms with E-state index >= 15 is 0 Å². The Kier molecular flexibility index (Phi) is 8.24. The predicted molar refractivity (Wildman–Crippen MR) is 116 cm³/mol. The lowest BCUT2D eigenvalue weighted by atomic mass is 10.1. The van der Waals surface area contributed by atoms with Crippen molar-refractivity contribution >= 4 is 17.8 Å². The van der Waals surface area contributed by atoms with Crippen molar-refractivity contribution in [3.63, 3.8) is 0 Å². The van der Waals surface area contributed by atoms with Gasteiger partial charge in [0.05, 0.1) is 0 Å². The van der Waals surface area contributed by atoms with Gasteiger partial charge in [-0.05, 0) is 30.4 Å². The topological polar surface area (TPSA) is 41.6 Å². The largest absolute Gasteiger partial charge is 0.385 e. The molecule has 2 amide bonds. The zero-order valence-electron chi connectivity index (χ0n) is 16.5. The van der Waals surface area contributed by atoms with Gasteiger partial charge in [0, 0.05) is 43.9 Å². The second-order valence-corrected chi connectivity index (χ2v) is 8.57. The van der Waals surface area contributed by atoms with Gasteiger partial charge in [-0.2, -0.15) is 11.8 Å². The summed E-state index contributed by atoms with van der Waals surface area (Å²) in [7, 11) is 1.75. The number of nitrogens with zero attached hydrogens (tertiary/aromatic N) is 1. The van der Waals surface area contributed by atoms with Gasteiger partial charge < -0.3 is 15.0 Å². The molecular formula is C23H30N2O2S. The number of carbonyl (C=O) groups excluding carboxylic acids is 1. The molecule has 1 fully saturated rings. The number of ether oxygens (including phenoxy) is 1. The highest BCUT2D eigenvalue weighted by Gasteiger charge is 2.32. The van der Waals surface area contributed by atoms with Crippen LogP contribution in [0.3, 0.4) is 0 Å². The van der Waals surface area contributed by atoms with Crippen molar-refractivity contribution in [2.75, 3.05) is 19.5 Å². The van der Waals surface area contributed by atoms with Crippen molar-refractivity contribution in [1.29, 1.82) is 0 Å². The second-order valence-electron chi connectivity index (χ2n) is 7.24. The van der Waals surface area contributed by atoms with Crippen LogP contribution in [0.5, 0.6) is 0 Å². The Hall–Kier alpha value is -1.98. The monoisotopic (exact) mass is 398 g/mol. The van der Waals surface area contributed by atoms with E-state index in [1.165, 1.54) is 5.56 Å². The van der Waals surface area contributed by atoms with E-state index in [1.807, 2.05) is 65.2 Å². The summed E-state index contributed by atoms with van der Waals surface area (Å²) in [6.45, 7) is 2.02. The summed E-state index contributed by atoms with van der Waals surface area (Å²) in [5.41, 5.74) is 2.29. The van der Waals surface area contributed by atoms with Gasteiger partial charge in [0.25, 0.3) is 0 Å². The minimum absolute atomic E-state index is 0.0239. The van der Waals surface area contributed by atoms with E-state index in [-0.39, 0.29) is 12.1 Å². The van der Waals surface area contributed by atoms with Crippen LogP contribution in [0.2, 0.25) is 0 Å². The SMILES string of the molecule is COCCC[C@H]1C[C@@H](N(Cc2ccccc2)C(=O)NCc2ccccc2)CS1. The molecule has 28 heavy (non-hydrogen) atoms. The lowest BCUT2D eigenvalue weighted by molar-refractivity contribution is 0.172. The molecular weight excluding hydrogens is 368 g/mol. The number of benzene rings is 2. The summed E-state index contributed by atoms with van der Waals surface area (Å²) < 4.78 is 5.18. The molecule has 0 bridgehead atoms. The van der Waals surface area contributed by atoms with Crippen LogP contribution in [0.25, 0.3) is 0 Å². The summed E-state index contributed by atoms with van der Waals surface area (Å²) in [6.07, 6.45) is 3.29. The number of amides is 2. The number of rotatable bonds is 9. The zero-order chi connectivity index (χ0) is 19.6. The van der Waals surface area contributed by atoms with Crippen LogP contribution in [-0.2, 0) is 17.8 Å². The van der Waals surface area contributed by atoms with Crippen molar-refractivity contribution in [2.45, 2.75) is 43.6 Å². The molecule has 2 atom stereocenters. The number of hydrogen-bond donors (Lipinski definition) is 1. The molecule has 2 aromatic carbocycles. The van der Waals surface area contributed by atoms with Gasteiger partial charge in [-0.3, -0.25) is 0 Å². The lowest BCUT2D eigenvalue weighted by Gasteiger charge is -2.29. The fourth-order valence-corrected chi connectivity index (χ4v) is 5.08. The van der Waals surface area contributed by atoms with Gasteiger partial charge in [0.1, 0.15) is 0 Å². The fourth-order valence-electron chi connectivity index (χ4n) is 3.58. The molecule has 1 aliphatic heterocycles. The van der Waals surface area contributed by atoms with Crippen molar-refractivity contribution < 1.29 is 9.53 Å². The maximum absolute atomic E-state index is 13.1. The van der Waals surface area contributed by atoms with Crippen molar-refractivity contribution in [3.05, 3.63) is 71.8 Å². The summed E-state index contributed by atoms with van der Waals surface area (Å²) in [4.78, 5) is 15.1. The third-order valence-electron chi connectivity index (χ3n) is 5.12. The molecule has 0 spiro atoms. The van der Waals surface area contributed by atoms with Crippen LogP contribution >= 0.6 is 11.8 Å². The average Bonchev–Trinajstić information content (AvgIpc) is 3.20. The van der Waals surface area contributed by atoms with E-state index in [4.69, 9.17) is 4.74 Å². The van der Waals surface area contributed by atoms with Crippen molar-refractivity contribution in [1.82, 2.24) is 10.2 Å². The zero-order valence-corrected chi connectivity index (χ0v) is 17.4. The Labute approximate surface area is 172 Å². The molecule has 150 valence electrons. The average molecular weight is 399 g/mol. The fraction of sp³-hybridized carbons (Fsp3) is 0.435. The first-order valence-electron chi connectivity index (χ1n) is 9.99. The molecule has 0 aromatic heterocycles. The Balaban J connectivity index is 1.62. The van der Waals surface area contributed by atoms with Crippen molar-refractivity contribution in [2.24, 2.45) is 0 Å². The minimum Gasteiger partial charge on any atom is -0.385 e. The Morgan fingerprint density at radius 3 is 2.46 bits per heavy atom. The molecule has 0 saturated carbocycles. The molecule has 1 aliphatic rings. The van der Waals surface area contributed by atoms with E-state index in [2.05, 4.69) is 17.4 Å². The smallest absolute Gasteiger partial charge is 0.318 e. The standard InChI is InChI=1S/C23H30N2O2S/c1-27-14-8-13-22-15-21(18-28-22)25(17-20-11-6-3-7-12-20)23(26)24-16-19-9-4-2-5-10-19/h2-7,9-12,21-22H,8,13-18H2,1H3,(H,24,26)/t21-,22+/m1/s1. The molecule has 3 rings (SSSR count). The summed E-state index contributed by atoms with van der Waals surface area (Å²) in [6, 6.07) is 20.6. The lowest BCUT2D eigenvalue weighted by Crippen LogP contribution is -2.45. The van der Waals surface area contributed by atoms with Crippen molar-refractivity contribution in [3.8, 4) is 0 Å². The molecule has 4 nitrogen and oxygen atoms in total. The summed E-state index contributed by atoms with van der Waals surface area (Å²) >= 11 is 1.99. The van der Waals surface area contributed by atoms with E-state index in [0.717, 1.165) is 37.2 Å². The maximum atomic E-state index is 13.1. The highest BCUT2D eigenvalue weighted by Crippen LogP contribution is 2.33. The number of methoxy groups -OCH3 is 1. The van der Waals surface area contributed by atoms with E-state index < -0.39 is 0 Å². The molecule has 0 aliphatic carbocycles. The first-order valence-corrected chi connectivity index (χ1v) is 11.0. The maximum Gasteiger partial charge on any atom is 0.318 e. The Morgan fingerprint density at radius 2 is 1.79 bits per heavy atom. The molecule has 0 radical (unpaired) electrons. The van der Waals surface area contributed by atoms with E-state index in [1.54, 1.807) is 7.11 Å². The van der Waals surface area contributed by atoms with Gasteiger partial charge in [0.15, 0.2) is 0 Å². The highest BCUT2D eigenvalue weighted by molar-refractivity contribution is 8.00. The van der Waals surface area contributed by atoms with Crippen LogP contribution in [0, 0.1) is 0 Å². The van der Waals surface area contributed by atoms with Crippen LogP contribution in [0.1, 0.15) is 30.4 Å². The summed E-state index contributed by atoms with van der Waals surface area (Å²) in [5.74, 6) is 1.00. The predicted octanol–water partition coefficient (Wildman–Crippen LogP) is 4.70. The van der Waals surface area contributed by atoms with Gasteiger partial charge in [-0.1, -0.05) is 60.7 Å². The molecule has 1 heterocycles. The van der Waals surface area contributed by atoms with Gasteiger partial charge in [-0.15, -0.1) is 0 Å². The number of carbonyl (C=O) groups is 1. The number of hydrogen-bond acceptors (Lipinski definition) is 3. The number of nitrogens with one attached hydrogen (secondary N) is 1. The third-order valence-corrected chi connectivity index (χ3v) is 6.59. The Bertz CT molecular complexity index is 711. The van der Waals surface area contributed by atoms with E-state index in [9.17, 15) is 4.79 Å².